The average molecular weight is 411 g/mol. The Kier molecular flexibility index (Phi) is 4.90. The van der Waals surface area contributed by atoms with Crippen LogP contribution in [0, 0.1) is 0 Å². The number of carbonyl (C=O) groups excluding carboxylic acids is 2. The molecule has 0 amide bonds. The Morgan fingerprint density at radius 1 is 0.929 bits per heavy atom. The van der Waals surface area contributed by atoms with Crippen LogP contribution in [0.15, 0.2) is 72.5 Å². The van der Waals surface area contributed by atoms with Crippen LogP contribution in [0.3, 0.4) is 0 Å². The van der Waals surface area contributed by atoms with Crippen LogP contribution in [0.5, 0.6) is 11.5 Å². The van der Waals surface area contributed by atoms with E-state index in [-0.39, 0.29) is 17.3 Å². The fourth-order valence-electron chi connectivity index (χ4n) is 2.73. The summed E-state index contributed by atoms with van der Waals surface area (Å²) in [5, 5.41) is 1.09. The quantitative estimate of drug-likeness (QED) is 0.309. The van der Waals surface area contributed by atoms with E-state index in [1.54, 1.807) is 60.7 Å². The van der Waals surface area contributed by atoms with Crippen molar-refractivity contribution in [2.45, 2.75) is 0 Å². The fraction of sp³-hybridized carbons (Fsp3) is 0. The number of ketones is 1. The van der Waals surface area contributed by atoms with Gasteiger partial charge in [0.15, 0.2) is 5.76 Å². The maximum atomic E-state index is 12.5. The Balaban J connectivity index is 1.55. The van der Waals surface area contributed by atoms with Gasteiger partial charge in [0.05, 0.1) is 11.1 Å². The molecule has 4 rings (SSSR count). The van der Waals surface area contributed by atoms with Crippen LogP contribution >= 0.6 is 23.2 Å². The molecule has 0 aliphatic carbocycles. The van der Waals surface area contributed by atoms with Crippen molar-refractivity contribution >= 4 is 41.0 Å². The molecule has 0 unspecified atom stereocenters. The Bertz CT molecular complexity index is 1120. The average Bonchev–Trinajstić information content (AvgIpc) is 2.97. The number of allylic oxidation sites excluding steroid dienone is 1. The molecule has 0 bridgehead atoms. The molecule has 0 atom stereocenters. The van der Waals surface area contributed by atoms with Crippen molar-refractivity contribution in [2.24, 2.45) is 0 Å². The van der Waals surface area contributed by atoms with E-state index in [1.165, 1.54) is 6.07 Å². The van der Waals surface area contributed by atoms with E-state index in [1.807, 2.05) is 6.07 Å². The summed E-state index contributed by atoms with van der Waals surface area (Å²) in [6, 6.07) is 18.1. The molecule has 3 aromatic rings. The van der Waals surface area contributed by atoms with E-state index in [0.29, 0.717) is 26.9 Å². The summed E-state index contributed by atoms with van der Waals surface area (Å²) in [6.07, 6.45) is 1.62. The lowest BCUT2D eigenvalue weighted by molar-refractivity contribution is 0.0734. The number of hydrogen-bond donors (Lipinski definition) is 0. The molecule has 4 nitrogen and oxygen atoms in total. The van der Waals surface area contributed by atoms with E-state index < -0.39 is 5.97 Å². The highest BCUT2D eigenvalue weighted by Gasteiger charge is 2.28. The van der Waals surface area contributed by atoms with Crippen molar-refractivity contribution in [1.82, 2.24) is 0 Å². The number of carbonyl (C=O) groups is 2. The van der Waals surface area contributed by atoms with Gasteiger partial charge >= 0.3 is 5.97 Å². The largest absolute Gasteiger partial charge is 0.452 e. The lowest BCUT2D eigenvalue weighted by Gasteiger charge is -2.05. The Morgan fingerprint density at radius 2 is 1.71 bits per heavy atom. The predicted octanol–water partition coefficient (Wildman–Crippen LogP) is 5.83. The van der Waals surface area contributed by atoms with Gasteiger partial charge in [-0.25, -0.2) is 4.79 Å². The SMILES string of the molecule is O=C(Oc1ccc2c(c1)O/C(=C\c1cccc(Cl)c1)C2=O)c1ccc(Cl)cc1. The molecule has 0 radical (unpaired) electrons. The highest BCUT2D eigenvalue weighted by Crippen LogP contribution is 2.35. The summed E-state index contributed by atoms with van der Waals surface area (Å²) in [5.74, 6) is 0.00909. The summed E-state index contributed by atoms with van der Waals surface area (Å²) < 4.78 is 11.0. The number of benzene rings is 3. The number of hydrogen-bond acceptors (Lipinski definition) is 4. The lowest BCUT2D eigenvalue weighted by atomic mass is 10.1. The maximum absolute atomic E-state index is 12.5. The van der Waals surface area contributed by atoms with Gasteiger partial charge in [-0.1, -0.05) is 35.3 Å². The molecule has 28 heavy (non-hydrogen) atoms. The van der Waals surface area contributed by atoms with Crippen LogP contribution in [0.2, 0.25) is 10.0 Å². The zero-order valence-corrected chi connectivity index (χ0v) is 15.8. The molecule has 138 valence electrons. The molecule has 0 fully saturated rings. The van der Waals surface area contributed by atoms with Crippen molar-refractivity contribution in [3.05, 3.63) is 99.2 Å². The van der Waals surface area contributed by atoms with Gasteiger partial charge in [0.2, 0.25) is 5.78 Å². The molecule has 1 aliphatic rings. The number of ether oxygens (including phenoxy) is 2. The first-order valence-electron chi connectivity index (χ1n) is 8.31. The zero-order chi connectivity index (χ0) is 19.7. The molecule has 0 N–H and O–H groups in total. The molecular weight excluding hydrogens is 399 g/mol. The maximum Gasteiger partial charge on any atom is 0.343 e. The van der Waals surface area contributed by atoms with Gasteiger partial charge < -0.3 is 9.47 Å². The van der Waals surface area contributed by atoms with E-state index >= 15 is 0 Å². The van der Waals surface area contributed by atoms with Crippen LogP contribution in [0.1, 0.15) is 26.3 Å². The second-order valence-electron chi connectivity index (χ2n) is 6.05. The van der Waals surface area contributed by atoms with Crippen LogP contribution in [-0.2, 0) is 0 Å². The van der Waals surface area contributed by atoms with Crippen LogP contribution in [-0.4, -0.2) is 11.8 Å². The van der Waals surface area contributed by atoms with Crippen LogP contribution in [0.25, 0.3) is 6.08 Å². The molecule has 6 heteroatoms. The third-order valence-corrected chi connectivity index (χ3v) is 4.57. The summed E-state index contributed by atoms with van der Waals surface area (Å²) >= 11 is 11.8. The highest BCUT2D eigenvalue weighted by atomic mass is 35.5. The summed E-state index contributed by atoms with van der Waals surface area (Å²) in [7, 11) is 0. The third-order valence-electron chi connectivity index (χ3n) is 4.08. The molecule has 0 saturated heterocycles. The molecule has 0 aromatic heterocycles. The predicted molar refractivity (Wildman–Crippen MR) is 107 cm³/mol. The Morgan fingerprint density at radius 3 is 2.46 bits per heavy atom. The number of halogens is 2. The number of fused-ring (bicyclic) bond motifs is 1. The van der Waals surface area contributed by atoms with Crippen LogP contribution in [0.4, 0.5) is 0 Å². The van der Waals surface area contributed by atoms with Crippen molar-refractivity contribution in [1.29, 1.82) is 0 Å². The first kappa shape index (κ1) is 18.3. The summed E-state index contributed by atoms with van der Waals surface area (Å²) in [5.41, 5.74) is 1.51. The summed E-state index contributed by atoms with van der Waals surface area (Å²) in [6.45, 7) is 0. The molecular formula is C22H12Cl2O4. The molecule has 0 saturated carbocycles. The number of esters is 1. The lowest BCUT2D eigenvalue weighted by Crippen LogP contribution is -2.08. The van der Waals surface area contributed by atoms with Gasteiger partial charge in [-0.2, -0.15) is 0 Å². The minimum Gasteiger partial charge on any atom is -0.452 e. The van der Waals surface area contributed by atoms with Crippen LogP contribution < -0.4 is 9.47 Å². The molecule has 3 aromatic carbocycles. The van der Waals surface area contributed by atoms with Crippen molar-refractivity contribution in [3.63, 3.8) is 0 Å². The standard InChI is InChI=1S/C22H12Cl2O4/c23-15-6-4-14(5-7-15)22(26)27-17-8-9-18-19(12-17)28-20(21(18)25)11-13-2-1-3-16(24)10-13/h1-12H/b20-11-. The second-order valence-corrected chi connectivity index (χ2v) is 6.92. The smallest absolute Gasteiger partial charge is 0.343 e. The van der Waals surface area contributed by atoms with E-state index in [9.17, 15) is 9.59 Å². The minimum atomic E-state index is -0.532. The fourth-order valence-corrected chi connectivity index (χ4v) is 3.06. The van der Waals surface area contributed by atoms with Crippen molar-refractivity contribution in [2.75, 3.05) is 0 Å². The minimum absolute atomic E-state index is 0.179. The van der Waals surface area contributed by atoms with Gasteiger partial charge in [0.25, 0.3) is 0 Å². The van der Waals surface area contributed by atoms with Gasteiger partial charge in [-0.05, 0) is 60.2 Å². The third kappa shape index (κ3) is 3.79. The Labute approximate surface area is 170 Å². The van der Waals surface area contributed by atoms with Gasteiger partial charge in [0.1, 0.15) is 11.5 Å². The number of rotatable bonds is 3. The molecule has 0 spiro atoms. The first-order chi connectivity index (χ1) is 13.5. The topological polar surface area (TPSA) is 52.6 Å². The van der Waals surface area contributed by atoms with Gasteiger partial charge in [0, 0.05) is 16.1 Å². The van der Waals surface area contributed by atoms with E-state index in [4.69, 9.17) is 32.7 Å². The van der Waals surface area contributed by atoms with Gasteiger partial charge in [-0.15, -0.1) is 0 Å². The monoisotopic (exact) mass is 410 g/mol. The molecule has 1 aliphatic heterocycles. The second kappa shape index (κ2) is 7.50. The Hall–Kier alpha value is -3.08. The zero-order valence-electron chi connectivity index (χ0n) is 14.3. The summed E-state index contributed by atoms with van der Waals surface area (Å²) in [4.78, 5) is 24.8. The normalized spacial score (nSPS) is 13.9. The highest BCUT2D eigenvalue weighted by molar-refractivity contribution is 6.31. The van der Waals surface area contributed by atoms with Crippen molar-refractivity contribution in [3.8, 4) is 11.5 Å². The first-order valence-corrected chi connectivity index (χ1v) is 9.07. The van der Waals surface area contributed by atoms with Gasteiger partial charge in [-0.3, -0.25) is 4.79 Å². The number of Topliss-reactive ketones (excluding diaryl/α,β-unsaturated/α-hetero) is 1. The van der Waals surface area contributed by atoms with E-state index in [0.717, 1.165) is 5.56 Å². The van der Waals surface area contributed by atoms with E-state index in [2.05, 4.69) is 0 Å². The van der Waals surface area contributed by atoms with Crippen molar-refractivity contribution < 1.29 is 19.1 Å². The molecule has 1 heterocycles.